The van der Waals surface area contributed by atoms with Gasteiger partial charge in [-0.15, -0.1) is 0 Å². The van der Waals surface area contributed by atoms with Gasteiger partial charge in [-0.05, 0) is 38.8 Å². The molecule has 2 fully saturated rings. The average Bonchev–Trinajstić information content (AvgIpc) is 2.78. The maximum atomic E-state index is 13.2. The van der Waals surface area contributed by atoms with Crippen molar-refractivity contribution in [3.63, 3.8) is 0 Å². The lowest BCUT2D eigenvalue weighted by Crippen LogP contribution is -2.57. The number of likely N-dealkylation sites (tertiary alicyclic amines) is 1. The van der Waals surface area contributed by atoms with Crippen molar-refractivity contribution in [2.24, 2.45) is 0 Å². The van der Waals surface area contributed by atoms with E-state index >= 15 is 0 Å². The molecule has 2 saturated heterocycles. The van der Waals surface area contributed by atoms with Gasteiger partial charge in [0.2, 0.25) is 10.0 Å². The number of sulfonamides is 1. The van der Waals surface area contributed by atoms with E-state index in [1.807, 2.05) is 13.8 Å². The van der Waals surface area contributed by atoms with Crippen LogP contribution in [0.4, 0.5) is 13.2 Å². The second-order valence-corrected chi connectivity index (χ2v) is 8.57. The lowest BCUT2D eigenvalue weighted by Gasteiger charge is -2.42. The molecule has 2 bridgehead atoms. The van der Waals surface area contributed by atoms with Crippen molar-refractivity contribution in [1.29, 1.82) is 0 Å². The quantitative estimate of drug-likeness (QED) is 0.830. The van der Waals surface area contributed by atoms with Crippen LogP contribution in [0, 0.1) is 0 Å². The molecular formula is C16H21F3N2O2S. The fourth-order valence-corrected chi connectivity index (χ4v) is 5.82. The Hall–Kier alpha value is -1.12. The van der Waals surface area contributed by atoms with E-state index < -0.39 is 26.7 Å². The number of hydrogen-bond acceptors (Lipinski definition) is 3. The van der Waals surface area contributed by atoms with Gasteiger partial charge in [0.05, 0.1) is 10.5 Å². The molecule has 8 heteroatoms. The summed E-state index contributed by atoms with van der Waals surface area (Å²) in [4.78, 5) is 1.57. The lowest BCUT2D eigenvalue weighted by molar-refractivity contribution is -0.139. The van der Waals surface area contributed by atoms with Crippen LogP contribution in [0.2, 0.25) is 0 Å². The zero-order valence-corrected chi connectivity index (χ0v) is 14.4. The normalized spacial score (nSPS) is 26.2. The number of rotatable bonds is 3. The minimum atomic E-state index is -4.69. The van der Waals surface area contributed by atoms with Crippen molar-refractivity contribution in [3.8, 4) is 0 Å². The summed E-state index contributed by atoms with van der Waals surface area (Å²) in [5, 5.41) is 0. The minimum absolute atomic E-state index is 0.252. The molecule has 0 amide bonds. The highest BCUT2D eigenvalue weighted by molar-refractivity contribution is 7.89. The van der Waals surface area contributed by atoms with E-state index in [0.29, 0.717) is 32.0 Å². The number of fused-ring (bicyclic) bond motifs is 2. The Morgan fingerprint density at radius 1 is 1.08 bits per heavy atom. The first kappa shape index (κ1) is 17.7. The van der Waals surface area contributed by atoms with Gasteiger partial charge in [-0.3, -0.25) is 4.90 Å². The molecule has 24 heavy (non-hydrogen) atoms. The highest BCUT2D eigenvalue weighted by Gasteiger charge is 2.49. The summed E-state index contributed by atoms with van der Waals surface area (Å²) in [6, 6.07) is 4.24. The number of nitrogens with zero attached hydrogens (tertiary/aromatic N) is 2. The maximum Gasteiger partial charge on any atom is 0.417 e. The molecule has 2 atom stereocenters. The minimum Gasteiger partial charge on any atom is -0.298 e. The molecular weight excluding hydrogens is 341 g/mol. The second kappa shape index (κ2) is 6.00. The maximum absolute atomic E-state index is 13.2. The van der Waals surface area contributed by atoms with Crippen molar-refractivity contribution in [2.45, 2.75) is 55.9 Å². The van der Waals surface area contributed by atoms with E-state index in [-0.39, 0.29) is 12.1 Å². The molecule has 2 heterocycles. The summed E-state index contributed by atoms with van der Waals surface area (Å²) in [6.07, 6.45) is -3.30. The van der Waals surface area contributed by atoms with E-state index in [9.17, 15) is 21.6 Å². The highest BCUT2D eigenvalue weighted by Crippen LogP contribution is 2.40. The smallest absolute Gasteiger partial charge is 0.298 e. The van der Waals surface area contributed by atoms with Crippen molar-refractivity contribution < 1.29 is 21.6 Å². The number of piperazine rings is 1. The standard InChI is InChI=1S/C16H21F3N2O2S/c1-11(2)20-9-12-7-8-13(10-20)21(12)24(22,23)15-6-4-3-5-14(15)16(17,18)19/h3-6,11-13H,7-10H2,1-2H3. The van der Waals surface area contributed by atoms with Crippen LogP contribution in [-0.2, 0) is 16.2 Å². The summed E-state index contributed by atoms with van der Waals surface area (Å²) in [5.74, 6) is 0. The third-order valence-electron chi connectivity index (χ3n) is 4.92. The predicted octanol–water partition coefficient (Wildman–Crippen LogP) is 2.95. The summed E-state index contributed by atoms with van der Waals surface area (Å²) in [7, 11) is -4.17. The molecule has 0 aliphatic carbocycles. The van der Waals surface area contributed by atoms with Crippen LogP contribution < -0.4 is 0 Å². The van der Waals surface area contributed by atoms with Crippen LogP contribution in [-0.4, -0.2) is 48.8 Å². The van der Waals surface area contributed by atoms with Crippen LogP contribution in [0.1, 0.15) is 32.3 Å². The largest absolute Gasteiger partial charge is 0.417 e. The summed E-state index contributed by atoms with van der Waals surface area (Å²) < 4.78 is 67.0. The molecule has 4 nitrogen and oxygen atoms in total. The van der Waals surface area contributed by atoms with Crippen molar-refractivity contribution >= 4 is 10.0 Å². The molecule has 0 aromatic heterocycles. The van der Waals surface area contributed by atoms with Crippen molar-refractivity contribution in [3.05, 3.63) is 29.8 Å². The predicted molar refractivity (Wildman–Crippen MR) is 84.0 cm³/mol. The van der Waals surface area contributed by atoms with Gasteiger partial charge in [0, 0.05) is 31.2 Å². The van der Waals surface area contributed by atoms with E-state index in [0.717, 1.165) is 12.1 Å². The summed E-state index contributed by atoms with van der Waals surface area (Å²) in [5.41, 5.74) is -1.09. The molecule has 0 saturated carbocycles. The summed E-state index contributed by atoms with van der Waals surface area (Å²) >= 11 is 0. The van der Waals surface area contributed by atoms with Gasteiger partial charge in [0.1, 0.15) is 0 Å². The Bertz CT molecular complexity index is 704. The Labute approximate surface area is 140 Å². The van der Waals surface area contributed by atoms with Gasteiger partial charge in [0.25, 0.3) is 0 Å². The Morgan fingerprint density at radius 3 is 2.12 bits per heavy atom. The Kier molecular flexibility index (Phi) is 4.42. The molecule has 134 valence electrons. The van der Waals surface area contributed by atoms with Crippen molar-refractivity contribution in [1.82, 2.24) is 9.21 Å². The first-order valence-corrected chi connectivity index (χ1v) is 9.50. The fraction of sp³-hybridized carbons (Fsp3) is 0.625. The zero-order valence-electron chi connectivity index (χ0n) is 13.6. The number of hydrogen-bond donors (Lipinski definition) is 0. The molecule has 3 rings (SSSR count). The lowest BCUT2D eigenvalue weighted by atomic mass is 10.2. The van der Waals surface area contributed by atoms with E-state index in [1.165, 1.54) is 16.4 Å². The van der Waals surface area contributed by atoms with Gasteiger partial charge in [0.15, 0.2) is 0 Å². The molecule has 1 aromatic carbocycles. The molecule has 1 aromatic rings. The van der Waals surface area contributed by atoms with Gasteiger partial charge >= 0.3 is 6.18 Å². The monoisotopic (exact) mass is 362 g/mol. The molecule has 2 aliphatic heterocycles. The number of alkyl halides is 3. The van der Waals surface area contributed by atoms with E-state index in [2.05, 4.69) is 4.90 Å². The molecule has 0 N–H and O–H groups in total. The Balaban J connectivity index is 1.99. The SMILES string of the molecule is CC(C)N1CC2CCC(C1)N2S(=O)(=O)c1ccccc1C(F)(F)F. The third-order valence-corrected chi connectivity index (χ3v) is 6.98. The second-order valence-electron chi connectivity index (χ2n) is 6.76. The molecule has 2 aliphatic rings. The Morgan fingerprint density at radius 2 is 1.62 bits per heavy atom. The van der Waals surface area contributed by atoms with Crippen LogP contribution >= 0.6 is 0 Å². The van der Waals surface area contributed by atoms with Crippen LogP contribution in [0.15, 0.2) is 29.2 Å². The van der Waals surface area contributed by atoms with Crippen LogP contribution in [0.3, 0.4) is 0 Å². The van der Waals surface area contributed by atoms with E-state index in [4.69, 9.17) is 0 Å². The van der Waals surface area contributed by atoms with Gasteiger partial charge in [-0.25, -0.2) is 8.42 Å². The molecule has 0 radical (unpaired) electrons. The van der Waals surface area contributed by atoms with Gasteiger partial charge in [-0.2, -0.15) is 17.5 Å². The first-order valence-electron chi connectivity index (χ1n) is 8.06. The fourth-order valence-electron chi connectivity index (χ4n) is 3.75. The number of benzene rings is 1. The van der Waals surface area contributed by atoms with Crippen molar-refractivity contribution in [2.75, 3.05) is 13.1 Å². The average molecular weight is 362 g/mol. The van der Waals surface area contributed by atoms with Gasteiger partial charge in [-0.1, -0.05) is 12.1 Å². The molecule has 0 spiro atoms. The number of halogens is 3. The zero-order chi connectivity index (χ0) is 17.7. The first-order chi connectivity index (χ1) is 11.1. The summed E-state index contributed by atoms with van der Waals surface area (Å²) in [6.45, 7) is 5.23. The van der Waals surface area contributed by atoms with Gasteiger partial charge < -0.3 is 0 Å². The third kappa shape index (κ3) is 2.95. The molecule has 2 unspecified atom stereocenters. The highest BCUT2D eigenvalue weighted by atomic mass is 32.2. The van der Waals surface area contributed by atoms with Crippen LogP contribution in [0.5, 0.6) is 0 Å². The topological polar surface area (TPSA) is 40.6 Å². The van der Waals surface area contributed by atoms with Crippen LogP contribution in [0.25, 0.3) is 0 Å². The van der Waals surface area contributed by atoms with E-state index in [1.54, 1.807) is 0 Å².